The number of benzene rings is 1. The lowest BCUT2D eigenvalue weighted by molar-refractivity contribution is 0.288. The second-order valence-corrected chi connectivity index (χ2v) is 7.69. The minimum Gasteiger partial charge on any atom is -0.493 e. The summed E-state index contributed by atoms with van der Waals surface area (Å²) in [4.78, 5) is 0. The molecule has 23 heavy (non-hydrogen) atoms. The van der Waals surface area contributed by atoms with Gasteiger partial charge >= 0.3 is 0 Å². The standard InChI is InChI=1S/C19H28ClNO.ClH/c1-13(21)9-16-10-17(20)11-18(15-5-3-2-4-6-15)19(16)22-12-14-7-8-14;/h10-11,13-15H,2-9,12,21H2,1H3;1H. The van der Waals surface area contributed by atoms with E-state index in [-0.39, 0.29) is 18.4 Å². The van der Waals surface area contributed by atoms with E-state index < -0.39 is 0 Å². The van der Waals surface area contributed by atoms with Crippen LogP contribution in [0.2, 0.25) is 5.02 Å². The molecule has 0 saturated heterocycles. The molecule has 0 aliphatic heterocycles. The van der Waals surface area contributed by atoms with Crippen molar-refractivity contribution in [3.63, 3.8) is 0 Å². The van der Waals surface area contributed by atoms with Crippen LogP contribution in [0.5, 0.6) is 5.75 Å². The van der Waals surface area contributed by atoms with Gasteiger partial charge in [-0.25, -0.2) is 0 Å². The van der Waals surface area contributed by atoms with Crippen molar-refractivity contribution in [1.82, 2.24) is 0 Å². The van der Waals surface area contributed by atoms with Crippen molar-refractivity contribution >= 4 is 24.0 Å². The van der Waals surface area contributed by atoms with Crippen LogP contribution in [0, 0.1) is 5.92 Å². The molecule has 130 valence electrons. The Labute approximate surface area is 151 Å². The van der Waals surface area contributed by atoms with E-state index >= 15 is 0 Å². The van der Waals surface area contributed by atoms with E-state index in [9.17, 15) is 0 Å². The molecule has 0 heterocycles. The summed E-state index contributed by atoms with van der Waals surface area (Å²) in [5.74, 6) is 2.46. The molecular formula is C19H29Cl2NO. The summed E-state index contributed by atoms with van der Waals surface area (Å²) in [6, 6.07) is 4.32. The van der Waals surface area contributed by atoms with Gasteiger partial charge in [0.25, 0.3) is 0 Å². The van der Waals surface area contributed by atoms with Gasteiger partial charge in [-0.15, -0.1) is 12.4 Å². The Hall–Kier alpha value is -0.440. The minimum atomic E-state index is 0. The van der Waals surface area contributed by atoms with Gasteiger partial charge in [0.2, 0.25) is 0 Å². The molecule has 1 aromatic rings. The average Bonchev–Trinajstić information content (AvgIpc) is 3.30. The summed E-state index contributed by atoms with van der Waals surface area (Å²) in [6.07, 6.45) is 9.99. The highest BCUT2D eigenvalue weighted by Crippen LogP contribution is 2.42. The van der Waals surface area contributed by atoms with Gasteiger partial charge in [-0.2, -0.15) is 0 Å². The van der Waals surface area contributed by atoms with E-state index in [0.29, 0.717) is 5.92 Å². The second kappa shape index (κ2) is 8.60. The van der Waals surface area contributed by atoms with Crippen LogP contribution in [-0.4, -0.2) is 12.6 Å². The smallest absolute Gasteiger partial charge is 0.126 e. The molecule has 3 rings (SSSR count). The van der Waals surface area contributed by atoms with Gasteiger partial charge in [-0.3, -0.25) is 0 Å². The maximum Gasteiger partial charge on any atom is 0.126 e. The molecule has 2 saturated carbocycles. The number of hydrogen-bond acceptors (Lipinski definition) is 2. The van der Waals surface area contributed by atoms with Crippen LogP contribution in [0.3, 0.4) is 0 Å². The third kappa shape index (κ3) is 5.27. The zero-order valence-corrected chi connectivity index (χ0v) is 15.6. The summed E-state index contributed by atoms with van der Waals surface area (Å²) >= 11 is 6.40. The second-order valence-electron chi connectivity index (χ2n) is 7.25. The predicted octanol–water partition coefficient (Wildman–Crippen LogP) is 5.49. The van der Waals surface area contributed by atoms with Gasteiger partial charge in [0.05, 0.1) is 6.61 Å². The Morgan fingerprint density at radius 1 is 1.17 bits per heavy atom. The summed E-state index contributed by atoms with van der Waals surface area (Å²) in [7, 11) is 0. The van der Waals surface area contributed by atoms with Crippen LogP contribution in [-0.2, 0) is 6.42 Å². The minimum absolute atomic E-state index is 0. The molecule has 2 nitrogen and oxygen atoms in total. The number of hydrogen-bond donors (Lipinski definition) is 1. The number of halogens is 2. The van der Waals surface area contributed by atoms with Crippen molar-refractivity contribution in [1.29, 1.82) is 0 Å². The van der Waals surface area contributed by atoms with Crippen molar-refractivity contribution in [2.24, 2.45) is 11.7 Å². The topological polar surface area (TPSA) is 35.2 Å². The molecule has 0 amide bonds. The molecule has 0 radical (unpaired) electrons. The van der Waals surface area contributed by atoms with Gasteiger partial charge in [0.1, 0.15) is 5.75 Å². The lowest BCUT2D eigenvalue weighted by Crippen LogP contribution is -2.19. The molecule has 0 bridgehead atoms. The number of ether oxygens (including phenoxy) is 1. The largest absolute Gasteiger partial charge is 0.493 e. The Morgan fingerprint density at radius 3 is 2.48 bits per heavy atom. The number of rotatable bonds is 6. The van der Waals surface area contributed by atoms with Crippen LogP contribution < -0.4 is 10.5 Å². The molecule has 0 spiro atoms. The van der Waals surface area contributed by atoms with E-state index in [4.69, 9.17) is 22.1 Å². The van der Waals surface area contributed by atoms with Crippen LogP contribution in [0.15, 0.2) is 12.1 Å². The van der Waals surface area contributed by atoms with Crippen LogP contribution in [0.25, 0.3) is 0 Å². The molecule has 2 fully saturated rings. The van der Waals surface area contributed by atoms with Gasteiger partial charge in [-0.05, 0) is 74.1 Å². The zero-order chi connectivity index (χ0) is 15.5. The van der Waals surface area contributed by atoms with Crippen molar-refractivity contribution in [3.8, 4) is 5.75 Å². The Bertz CT molecular complexity index is 508. The zero-order valence-electron chi connectivity index (χ0n) is 14.0. The van der Waals surface area contributed by atoms with Crippen molar-refractivity contribution in [2.75, 3.05) is 6.61 Å². The third-order valence-electron chi connectivity index (χ3n) is 4.91. The fourth-order valence-corrected chi connectivity index (χ4v) is 3.80. The van der Waals surface area contributed by atoms with E-state index in [0.717, 1.165) is 29.7 Å². The monoisotopic (exact) mass is 357 g/mol. The van der Waals surface area contributed by atoms with E-state index in [2.05, 4.69) is 12.1 Å². The predicted molar refractivity (Wildman–Crippen MR) is 100 cm³/mol. The molecule has 0 aromatic heterocycles. The fraction of sp³-hybridized carbons (Fsp3) is 0.684. The van der Waals surface area contributed by atoms with Gasteiger partial charge in [-0.1, -0.05) is 30.9 Å². The van der Waals surface area contributed by atoms with Crippen LogP contribution in [0.1, 0.15) is 68.9 Å². The normalized spacial score (nSPS) is 20.0. The average molecular weight is 358 g/mol. The van der Waals surface area contributed by atoms with Crippen molar-refractivity contribution < 1.29 is 4.74 Å². The quantitative estimate of drug-likeness (QED) is 0.730. The number of nitrogens with two attached hydrogens (primary N) is 1. The van der Waals surface area contributed by atoms with Crippen LogP contribution >= 0.6 is 24.0 Å². The van der Waals surface area contributed by atoms with Crippen molar-refractivity contribution in [3.05, 3.63) is 28.3 Å². The van der Waals surface area contributed by atoms with Gasteiger partial charge < -0.3 is 10.5 Å². The summed E-state index contributed by atoms with van der Waals surface area (Å²) in [6.45, 7) is 2.90. The highest BCUT2D eigenvalue weighted by molar-refractivity contribution is 6.30. The molecule has 2 aliphatic carbocycles. The SMILES string of the molecule is CC(N)Cc1cc(Cl)cc(C2CCCCC2)c1OCC1CC1.Cl. The lowest BCUT2D eigenvalue weighted by Gasteiger charge is -2.26. The Balaban J connectivity index is 0.00000192. The first-order valence-electron chi connectivity index (χ1n) is 8.84. The first-order valence-corrected chi connectivity index (χ1v) is 9.22. The molecule has 1 atom stereocenters. The summed E-state index contributed by atoms with van der Waals surface area (Å²) in [5.41, 5.74) is 8.58. The van der Waals surface area contributed by atoms with E-state index in [1.807, 2.05) is 6.92 Å². The Kier molecular flexibility index (Phi) is 7.06. The van der Waals surface area contributed by atoms with E-state index in [1.54, 1.807) is 0 Å². The Morgan fingerprint density at radius 2 is 1.87 bits per heavy atom. The highest BCUT2D eigenvalue weighted by atomic mass is 35.5. The molecule has 1 aromatic carbocycles. The van der Waals surface area contributed by atoms with Crippen molar-refractivity contribution in [2.45, 2.75) is 70.3 Å². The van der Waals surface area contributed by atoms with Gasteiger partial charge in [0, 0.05) is 11.1 Å². The summed E-state index contributed by atoms with van der Waals surface area (Å²) < 4.78 is 6.29. The maximum atomic E-state index is 6.40. The molecule has 2 aliphatic rings. The third-order valence-corrected chi connectivity index (χ3v) is 5.12. The molecular weight excluding hydrogens is 329 g/mol. The lowest BCUT2D eigenvalue weighted by atomic mass is 9.82. The summed E-state index contributed by atoms with van der Waals surface area (Å²) in [5, 5.41) is 0.829. The fourth-order valence-electron chi connectivity index (χ4n) is 3.55. The van der Waals surface area contributed by atoms with Crippen LogP contribution in [0.4, 0.5) is 0 Å². The molecule has 1 unspecified atom stereocenters. The van der Waals surface area contributed by atoms with Gasteiger partial charge in [0.15, 0.2) is 0 Å². The van der Waals surface area contributed by atoms with E-state index in [1.165, 1.54) is 56.1 Å². The molecule has 4 heteroatoms. The maximum absolute atomic E-state index is 6.40. The highest BCUT2D eigenvalue weighted by Gasteiger charge is 2.26. The first-order chi connectivity index (χ1) is 10.6. The first kappa shape index (κ1) is 18.9. The molecule has 2 N–H and O–H groups in total.